The molecule has 0 radical (unpaired) electrons. The molecular formula is C30H30N2O4. The van der Waals surface area contributed by atoms with Crippen LogP contribution >= 0.6 is 0 Å². The van der Waals surface area contributed by atoms with Gasteiger partial charge in [0.2, 0.25) is 5.91 Å². The average Bonchev–Trinajstić information content (AvgIpc) is 3.22. The molecule has 36 heavy (non-hydrogen) atoms. The number of methoxy groups -OCH3 is 1. The molecule has 184 valence electrons. The molecule has 1 heterocycles. The smallest absolute Gasteiger partial charge is 0.306 e. The van der Waals surface area contributed by atoms with Gasteiger partial charge in [0.05, 0.1) is 37.1 Å². The third-order valence-corrected chi connectivity index (χ3v) is 6.62. The number of aryl methyl sites for hydroxylation is 1. The van der Waals surface area contributed by atoms with E-state index in [0.29, 0.717) is 25.1 Å². The maximum absolute atomic E-state index is 13.1. The van der Waals surface area contributed by atoms with Crippen LogP contribution in [-0.2, 0) is 20.7 Å². The van der Waals surface area contributed by atoms with E-state index >= 15 is 0 Å². The highest BCUT2D eigenvalue weighted by Gasteiger charge is 2.40. The standard InChI is InChI=1S/C30H30N2O4/c1-35-29(33)19-26-18-27(32(30(26)34)17-5-8-22-6-3-2-4-7-22)21-36-28-15-13-25(14-16-28)24-11-9-23(20-31)10-12-24/h2-4,6-7,9-16,26-27H,5,8,17-19,21H2,1H3/t26-,27+/m1/s1. The number of hydrogen-bond acceptors (Lipinski definition) is 5. The molecule has 0 saturated carbocycles. The van der Waals surface area contributed by atoms with Crippen LogP contribution < -0.4 is 4.74 Å². The minimum Gasteiger partial charge on any atom is -0.491 e. The summed E-state index contributed by atoms with van der Waals surface area (Å²) >= 11 is 0. The first-order valence-corrected chi connectivity index (χ1v) is 12.2. The zero-order chi connectivity index (χ0) is 25.3. The molecule has 1 amide bonds. The lowest BCUT2D eigenvalue weighted by molar-refractivity contribution is -0.144. The first kappa shape index (κ1) is 25.0. The molecule has 1 fully saturated rings. The number of nitriles is 1. The van der Waals surface area contributed by atoms with Gasteiger partial charge in [-0.2, -0.15) is 5.26 Å². The molecule has 1 aliphatic rings. The molecule has 0 bridgehead atoms. The zero-order valence-corrected chi connectivity index (χ0v) is 20.4. The Morgan fingerprint density at radius 1 is 1.00 bits per heavy atom. The summed E-state index contributed by atoms with van der Waals surface area (Å²) in [7, 11) is 1.35. The monoisotopic (exact) mass is 482 g/mol. The summed E-state index contributed by atoms with van der Waals surface area (Å²) < 4.78 is 10.9. The summed E-state index contributed by atoms with van der Waals surface area (Å²) in [5.41, 5.74) is 3.93. The molecule has 1 saturated heterocycles. The number of ether oxygens (including phenoxy) is 2. The highest BCUT2D eigenvalue weighted by molar-refractivity contribution is 5.85. The SMILES string of the molecule is COC(=O)C[C@H]1C[C@@H](COc2ccc(-c3ccc(C#N)cc3)cc2)N(CCCc2ccccc2)C1=O. The molecule has 3 aromatic carbocycles. The van der Waals surface area contributed by atoms with E-state index in [0.717, 1.165) is 29.7 Å². The van der Waals surface area contributed by atoms with Crippen LogP contribution in [-0.4, -0.2) is 43.1 Å². The van der Waals surface area contributed by atoms with Crippen LogP contribution in [0.2, 0.25) is 0 Å². The van der Waals surface area contributed by atoms with Crippen molar-refractivity contribution in [1.82, 2.24) is 4.90 Å². The van der Waals surface area contributed by atoms with Crippen molar-refractivity contribution in [3.8, 4) is 22.9 Å². The quantitative estimate of drug-likeness (QED) is 0.379. The number of rotatable bonds is 10. The van der Waals surface area contributed by atoms with Crippen LogP contribution in [0.3, 0.4) is 0 Å². The van der Waals surface area contributed by atoms with Gasteiger partial charge in [0.25, 0.3) is 0 Å². The predicted molar refractivity (Wildman–Crippen MR) is 137 cm³/mol. The Morgan fingerprint density at radius 2 is 1.67 bits per heavy atom. The molecule has 4 rings (SSSR count). The molecule has 0 spiro atoms. The van der Waals surface area contributed by atoms with Crippen molar-refractivity contribution < 1.29 is 19.1 Å². The van der Waals surface area contributed by atoms with Crippen molar-refractivity contribution in [3.63, 3.8) is 0 Å². The van der Waals surface area contributed by atoms with Gasteiger partial charge in [-0.1, -0.05) is 54.6 Å². The Hall–Kier alpha value is -4.11. The summed E-state index contributed by atoms with van der Waals surface area (Å²) in [6, 6.07) is 27.5. The Bertz CT molecular complexity index is 1200. The van der Waals surface area contributed by atoms with Crippen molar-refractivity contribution in [1.29, 1.82) is 5.26 Å². The Labute approximate surface area is 212 Å². The zero-order valence-electron chi connectivity index (χ0n) is 20.4. The second-order valence-corrected chi connectivity index (χ2v) is 9.01. The van der Waals surface area contributed by atoms with Crippen LogP contribution in [0.1, 0.15) is 30.4 Å². The first-order valence-electron chi connectivity index (χ1n) is 12.2. The highest BCUT2D eigenvalue weighted by atomic mass is 16.5. The maximum Gasteiger partial charge on any atom is 0.306 e. The van der Waals surface area contributed by atoms with E-state index in [1.807, 2.05) is 59.5 Å². The van der Waals surface area contributed by atoms with Gasteiger partial charge in [-0.25, -0.2) is 0 Å². The highest BCUT2D eigenvalue weighted by Crippen LogP contribution is 2.29. The first-order chi connectivity index (χ1) is 17.6. The fourth-order valence-corrected chi connectivity index (χ4v) is 4.65. The summed E-state index contributed by atoms with van der Waals surface area (Å²) in [6.45, 7) is 0.988. The number of nitrogens with zero attached hydrogens (tertiary/aromatic N) is 2. The Balaban J connectivity index is 1.38. The van der Waals surface area contributed by atoms with E-state index in [1.165, 1.54) is 12.7 Å². The molecule has 0 aliphatic carbocycles. The molecular weight excluding hydrogens is 452 g/mol. The van der Waals surface area contributed by atoms with E-state index in [9.17, 15) is 9.59 Å². The number of benzene rings is 3. The minimum atomic E-state index is -0.374. The van der Waals surface area contributed by atoms with Gasteiger partial charge in [0.1, 0.15) is 12.4 Å². The van der Waals surface area contributed by atoms with E-state index in [2.05, 4.69) is 18.2 Å². The normalized spacial score (nSPS) is 17.0. The van der Waals surface area contributed by atoms with Gasteiger partial charge in [0, 0.05) is 6.54 Å². The van der Waals surface area contributed by atoms with Gasteiger partial charge in [0.15, 0.2) is 0 Å². The Morgan fingerprint density at radius 3 is 2.31 bits per heavy atom. The summed E-state index contributed by atoms with van der Waals surface area (Å²) in [5.74, 6) is -0.0159. The van der Waals surface area contributed by atoms with Gasteiger partial charge < -0.3 is 14.4 Å². The number of likely N-dealkylation sites (tertiary alicyclic amines) is 1. The number of esters is 1. The van der Waals surface area contributed by atoms with Crippen molar-refractivity contribution in [3.05, 3.63) is 90.0 Å². The summed E-state index contributed by atoms with van der Waals surface area (Å²) in [4.78, 5) is 26.8. The largest absolute Gasteiger partial charge is 0.491 e. The second kappa shape index (κ2) is 12.0. The second-order valence-electron chi connectivity index (χ2n) is 9.01. The van der Waals surface area contributed by atoms with Crippen LogP contribution in [0, 0.1) is 17.2 Å². The van der Waals surface area contributed by atoms with E-state index in [-0.39, 0.29) is 30.3 Å². The van der Waals surface area contributed by atoms with Crippen LogP contribution in [0.25, 0.3) is 11.1 Å². The average molecular weight is 483 g/mol. The predicted octanol–water partition coefficient (Wildman–Crippen LogP) is 5.02. The molecule has 1 aliphatic heterocycles. The lowest BCUT2D eigenvalue weighted by Crippen LogP contribution is -2.38. The van der Waals surface area contributed by atoms with Gasteiger partial charge in [-0.15, -0.1) is 0 Å². The van der Waals surface area contributed by atoms with Crippen LogP contribution in [0.4, 0.5) is 0 Å². The molecule has 2 atom stereocenters. The van der Waals surface area contributed by atoms with Crippen molar-refractivity contribution in [2.75, 3.05) is 20.3 Å². The van der Waals surface area contributed by atoms with E-state index in [1.54, 1.807) is 12.1 Å². The molecule has 6 nitrogen and oxygen atoms in total. The topological polar surface area (TPSA) is 79.6 Å². The summed E-state index contributed by atoms with van der Waals surface area (Å²) in [6.07, 6.45) is 2.40. The third-order valence-electron chi connectivity index (χ3n) is 6.62. The lowest BCUT2D eigenvalue weighted by atomic mass is 10.0. The lowest BCUT2D eigenvalue weighted by Gasteiger charge is -2.25. The number of carbonyl (C=O) groups is 2. The minimum absolute atomic E-state index is 0.00164. The number of hydrogen-bond donors (Lipinski definition) is 0. The van der Waals surface area contributed by atoms with Gasteiger partial charge in [-0.3, -0.25) is 9.59 Å². The molecule has 6 heteroatoms. The number of amides is 1. The third kappa shape index (κ3) is 6.31. The van der Waals surface area contributed by atoms with Gasteiger partial charge >= 0.3 is 5.97 Å². The Kier molecular flexibility index (Phi) is 8.36. The van der Waals surface area contributed by atoms with Crippen LogP contribution in [0.15, 0.2) is 78.9 Å². The molecule has 3 aromatic rings. The van der Waals surface area contributed by atoms with E-state index < -0.39 is 0 Å². The van der Waals surface area contributed by atoms with Crippen LogP contribution in [0.5, 0.6) is 5.75 Å². The molecule has 0 N–H and O–H groups in total. The maximum atomic E-state index is 13.1. The van der Waals surface area contributed by atoms with E-state index in [4.69, 9.17) is 14.7 Å². The van der Waals surface area contributed by atoms with Gasteiger partial charge in [-0.05, 0) is 60.2 Å². The fourth-order valence-electron chi connectivity index (χ4n) is 4.65. The molecule has 0 unspecified atom stereocenters. The fraction of sp³-hybridized carbons (Fsp3) is 0.300. The number of carbonyl (C=O) groups excluding carboxylic acids is 2. The van der Waals surface area contributed by atoms with Crippen molar-refractivity contribution in [2.45, 2.75) is 31.7 Å². The van der Waals surface area contributed by atoms with Crippen molar-refractivity contribution >= 4 is 11.9 Å². The summed E-state index contributed by atoms with van der Waals surface area (Å²) in [5, 5.41) is 8.98. The molecule has 0 aromatic heterocycles. The van der Waals surface area contributed by atoms with Crippen molar-refractivity contribution in [2.24, 2.45) is 5.92 Å².